The highest BCUT2D eigenvalue weighted by molar-refractivity contribution is 7.20. The van der Waals surface area contributed by atoms with Gasteiger partial charge in [0.05, 0.1) is 17.7 Å². The number of carbonyl (C=O) groups excluding carboxylic acids is 3. The number of nitrogens with zero attached hydrogens (tertiary/aromatic N) is 1. The summed E-state index contributed by atoms with van der Waals surface area (Å²) in [6.45, 7) is 3.38. The number of pyridine rings is 1. The van der Waals surface area contributed by atoms with Crippen molar-refractivity contribution in [2.75, 3.05) is 11.9 Å². The molecule has 3 aromatic rings. The van der Waals surface area contributed by atoms with Crippen LogP contribution in [-0.4, -0.2) is 35.5 Å². The number of esters is 2. The molecule has 2 aromatic heterocycles. The minimum Gasteiger partial charge on any atom is -0.462 e. The van der Waals surface area contributed by atoms with E-state index in [4.69, 9.17) is 9.47 Å². The molecule has 3 rings (SSSR count). The summed E-state index contributed by atoms with van der Waals surface area (Å²) >= 11 is 1.25. The first-order valence-corrected chi connectivity index (χ1v) is 10.1. The van der Waals surface area contributed by atoms with Crippen molar-refractivity contribution in [2.24, 2.45) is 0 Å². The Labute approximate surface area is 177 Å². The van der Waals surface area contributed by atoms with E-state index in [2.05, 4.69) is 10.3 Å². The second-order valence-corrected chi connectivity index (χ2v) is 7.26. The maximum absolute atomic E-state index is 12.6. The van der Waals surface area contributed by atoms with Crippen LogP contribution in [0.25, 0.3) is 10.4 Å². The van der Waals surface area contributed by atoms with Crippen LogP contribution >= 0.6 is 11.3 Å². The molecule has 7 nitrogen and oxygen atoms in total. The zero-order valence-electron chi connectivity index (χ0n) is 16.5. The number of thiophene rings is 1. The van der Waals surface area contributed by atoms with Gasteiger partial charge in [-0.1, -0.05) is 30.3 Å². The molecule has 8 heteroatoms. The monoisotopic (exact) mass is 424 g/mol. The van der Waals surface area contributed by atoms with Gasteiger partial charge >= 0.3 is 11.9 Å². The zero-order chi connectivity index (χ0) is 21.5. The number of rotatable bonds is 7. The lowest BCUT2D eigenvalue weighted by molar-refractivity contribution is -0.123. The normalized spacial score (nSPS) is 11.4. The van der Waals surface area contributed by atoms with E-state index in [1.54, 1.807) is 13.0 Å². The van der Waals surface area contributed by atoms with Crippen molar-refractivity contribution >= 4 is 34.2 Å². The SMILES string of the molecule is CCOC(=O)c1cc(-c2ccccc2)sc1NC(=O)[C@H](C)OC(=O)c1ccncc1. The first kappa shape index (κ1) is 21.2. The summed E-state index contributed by atoms with van der Waals surface area (Å²) in [4.78, 5) is 41.8. The van der Waals surface area contributed by atoms with Crippen LogP contribution < -0.4 is 5.32 Å². The van der Waals surface area contributed by atoms with Gasteiger partial charge in [0, 0.05) is 17.3 Å². The van der Waals surface area contributed by atoms with Crippen LogP contribution in [0.15, 0.2) is 60.9 Å². The molecular formula is C22H20N2O5S. The molecular weight excluding hydrogens is 404 g/mol. The predicted molar refractivity (Wildman–Crippen MR) is 113 cm³/mol. The Morgan fingerprint density at radius 1 is 1.07 bits per heavy atom. The van der Waals surface area contributed by atoms with Crippen LogP contribution in [0, 0.1) is 0 Å². The van der Waals surface area contributed by atoms with Gasteiger partial charge in [-0.15, -0.1) is 11.3 Å². The van der Waals surface area contributed by atoms with Crippen LogP contribution in [0.3, 0.4) is 0 Å². The van der Waals surface area contributed by atoms with Crippen molar-refractivity contribution < 1.29 is 23.9 Å². The highest BCUT2D eigenvalue weighted by Crippen LogP contribution is 2.36. The zero-order valence-corrected chi connectivity index (χ0v) is 17.3. The number of hydrogen-bond acceptors (Lipinski definition) is 7. The summed E-state index contributed by atoms with van der Waals surface area (Å²) in [6.07, 6.45) is 1.86. The predicted octanol–water partition coefficient (Wildman–Crippen LogP) is 4.17. The van der Waals surface area contributed by atoms with Crippen molar-refractivity contribution in [3.63, 3.8) is 0 Å². The number of amides is 1. The maximum Gasteiger partial charge on any atom is 0.341 e. The highest BCUT2D eigenvalue weighted by Gasteiger charge is 2.24. The lowest BCUT2D eigenvalue weighted by Gasteiger charge is -2.13. The summed E-state index contributed by atoms with van der Waals surface area (Å²) in [5, 5.41) is 3.02. The molecule has 0 aliphatic rings. The third-order valence-corrected chi connectivity index (χ3v) is 5.19. The Balaban J connectivity index is 1.78. The van der Waals surface area contributed by atoms with E-state index in [0.717, 1.165) is 10.4 Å². The highest BCUT2D eigenvalue weighted by atomic mass is 32.1. The first-order chi connectivity index (χ1) is 14.5. The number of hydrogen-bond donors (Lipinski definition) is 1. The molecule has 2 heterocycles. The topological polar surface area (TPSA) is 94.6 Å². The minimum atomic E-state index is -1.07. The van der Waals surface area contributed by atoms with E-state index in [-0.39, 0.29) is 12.2 Å². The van der Waals surface area contributed by atoms with Crippen molar-refractivity contribution in [3.8, 4) is 10.4 Å². The Morgan fingerprint density at radius 2 is 1.77 bits per heavy atom. The van der Waals surface area contributed by atoms with E-state index in [9.17, 15) is 14.4 Å². The van der Waals surface area contributed by atoms with Crippen LogP contribution in [0.4, 0.5) is 5.00 Å². The van der Waals surface area contributed by atoms with E-state index in [1.807, 2.05) is 30.3 Å². The fraction of sp³-hybridized carbons (Fsp3) is 0.182. The standard InChI is InChI=1S/C22H20N2O5S/c1-3-28-22(27)17-13-18(15-7-5-4-6-8-15)30-20(17)24-19(25)14(2)29-21(26)16-9-11-23-12-10-16/h4-14H,3H2,1-2H3,(H,24,25)/t14-/m0/s1. The summed E-state index contributed by atoms with van der Waals surface area (Å²) in [6, 6.07) is 14.2. The van der Waals surface area contributed by atoms with Gasteiger partial charge in [-0.3, -0.25) is 9.78 Å². The second kappa shape index (κ2) is 9.80. The van der Waals surface area contributed by atoms with Gasteiger partial charge in [0.15, 0.2) is 6.10 Å². The number of ether oxygens (including phenoxy) is 2. The van der Waals surface area contributed by atoms with Crippen LogP contribution in [-0.2, 0) is 14.3 Å². The van der Waals surface area contributed by atoms with E-state index < -0.39 is 23.9 Å². The van der Waals surface area contributed by atoms with Gasteiger partial charge in [0.1, 0.15) is 5.00 Å². The molecule has 30 heavy (non-hydrogen) atoms. The molecule has 1 amide bonds. The Hall–Kier alpha value is -3.52. The number of carbonyl (C=O) groups is 3. The quantitative estimate of drug-likeness (QED) is 0.572. The van der Waals surface area contributed by atoms with E-state index in [1.165, 1.54) is 42.8 Å². The van der Waals surface area contributed by atoms with Crippen molar-refractivity contribution in [1.82, 2.24) is 4.98 Å². The summed E-state index contributed by atoms with van der Waals surface area (Å²) in [5.74, 6) is -1.72. The first-order valence-electron chi connectivity index (χ1n) is 9.27. The Kier molecular flexibility index (Phi) is 6.92. The maximum atomic E-state index is 12.6. The molecule has 1 N–H and O–H groups in total. The largest absolute Gasteiger partial charge is 0.462 e. The minimum absolute atomic E-state index is 0.211. The number of nitrogens with one attached hydrogen (secondary N) is 1. The number of benzene rings is 1. The molecule has 0 fully saturated rings. The molecule has 0 unspecified atom stereocenters. The average molecular weight is 424 g/mol. The number of anilines is 1. The van der Waals surface area contributed by atoms with Gasteiger partial charge in [-0.25, -0.2) is 9.59 Å². The van der Waals surface area contributed by atoms with Crippen LogP contribution in [0.2, 0.25) is 0 Å². The lowest BCUT2D eigenvalue weighted by Crippen LogP contribution is -2.30. The van der Waals surface area contributed by atoms with Crippen LogP contribution in [0.5, 0.6) is 0 Å². The Morgan fingerprint density at radius 3 is 2.43 bits per heavy atom. The third kappa shape index (κ3) is 5.09. The van der Waals surface area contributed by atoms with Gasteiger partial charge in [0.2, 0.25) is 0 Å². The molecule has 154 valence electrons. The van der Waals surface area contributed by atoms with Crippen molar-refractivity contribution in [3.05, 3.63) is 72.1 Å². The number of aromatic nitrogens is 1. The second-order valence-electron chi connectivity index (χ2n) is 6.21. The molecule has 0 bridgehead atoms. The van der Waals surface area contributed by atoms with Gasteiger partial charge < -0.3 is 14.8 Å². The fourth-order valence-corrected chi connectivity index (χ4v) is 3.63. The third-order valence-electron chi connectivity index (χ3n) is 4.09. The Bertz CT molecular complexity index is 1030. The molecule has 1 atom stereocenters. The molecule has 0 spiro atoms. The molecule has 0 saturated carbocycles. The summed E-state index contributed by atoms with van der Waals surface area (Å²) < 4.78 is 10.3. The van der Waals surface area contributed by atoms with E-state index in [0.29, 0.717) is 10.6 Å². The molecule has 0 aliphatic heterocycles. The fourth-order valence-electron chi connectivity index (χ4n) is 2.57. The van der Waals surface area contributed by atoms with E-state index >= 15 is 0 Å². The smallest absolute Gasteiger partial charge is 0.341 e. The molecule has 0 saturated heterocycles. The van der Waals surface area contributed by atoms with Gasteiger partial charge in [0.25, 0.3) is 5.91 Å². The molecule has 0 aliphatic carbocycles. The van der Waals surface area contributed by atoms with Gasteiger partial charge in [-0.05, 0) is 37.6 Å². The average Bonchev–Trinajstić information content (AvgIpc) is 3.19. The lowest BCUT2D eigenvalue weighted by atomic mass is 10.1. The molecule has 0 radical (unpaired) electrons. The van der Waals surface area contributed by atoms with Crippen molar-refractivity contribution in [1.29, 1.82) is 0 Å². The van der Waals surface area contributed by atoms with Crippen LogP contribution in [0.1, 0.15) is 34.6 Å². The van der Waals surface area contributed by atoms with Gasteiger partial charge in [-0.2, -0.15) is 0 Å². The summed E-state index contributed by atoms with van der Waals surface area (Å²) in [7, 11) is 0. The summed E-state index contributed by atoms with van der Waals surface area (Å²) in [5.41, 5.74) is 1.45. The molecule has 1 aromatic carbocycles. The van der Waals surface area contributed by atoms with Crippen molar-refractivity contribution in [2.45, 2.75) is 20.0 Å².